The van der Waals surface area contributed by atoms with Crippen LogP contribution in [0.3, 0.4) is 0 Å². The van der Waals surface area contributed by atoms with E-state index in [0.29, 0.717) is 12.5 Å². The Morgan fingerprint density at radius 2 is 1.84 bits per heavy atom. The number of hydrogen-bond donors (Lipinski definition) is 0. The van der Waals surface area contributed by atoms with Crippen molar-refractivity contribution in [2.24, 2.45) is 0 Å². The lowest BCUT2D eigenvalue weighted by molar-refractivity contribution is -0.133. The summed E-state index contributed by atoms with van der Waals surface area (Å²) in [5.74, 6) is 0.302. The van der Waals surface area contributed by atoms with Crippen LogP contribution in [-0.2, 0) is 16.0 Å². The molecule has 1 amide bonds. The summed E-state index contributed by atoms with van der Waals surface area (Å²) in [6.07, 6.45) is 4.00. The van der Waals surface area contributed by atoms with Gasteiger partial charge in [-0.2, -0.15) is 0 Å². The summed E-state index contributed by atoms with van der Waals surface area (Å²) < 4.78 is 5.70. The van der Waals surface area contributed by atoms with Crippen molar-refractivity contribution in [3.8, 4) is 0 Å². The van der Waals surface area contributed by atoms with Crippen molar-refractivity contribution < 1.29 is 14.3 Å². The second-order valence-electron chi connectivity index (χ2n) is 7.07. The molecule has 2 aliphatic rings. The van der Waals surface area contributed by atoms with Crippen LogP contribution in [0.1, 0.15) is 42.1 Å². The molecule has 5 nitrogen and oxygen atoms in total. The van der Waals surface area contributed by atoms with Crippen LogP contribution in [-0.4, -0.2) is 66.9 Å². The molecule has 1 unspecified atom stereocenters. The molecule has 0 aliphatic carbocycles. The normalized spacial score (nSPS) is 21.5. The largest absolute Gasteiger partial charge is 0.377 e. The van der Waals surface area contributed by atoms with Crippen LogP contribution < -0.4 is 0 Å². The standard InChI is InChI=1S/C20H28N2O3/c1-16(23)18-7-4-17(5-8-18)6-9-20(24)22-12-10-21(11-13-22)15-19-3-2-14-25-19/h4-5,7-8,19H,2-3,6,9-15H2,1H3. The first kappa shape index (κ1) is 18.1. The number of benzene rings is 1. The molecule has 2 heterocycles. The Morgan fingerprint density at radius 3 is 2.44 bits per heavy atom. The van der Waals surface area contributed by atoms with Gasteiger partial charge >= 0.3 is 0 Å². The number of carbonyl (C=O) groups is 2. The summed E-state index contributed by atoms with van der Waals surface area (Å²) in [4.78, 5) is 28.1. The molecular weight excluding hydrogens is 316 g/mol. The highest BCUT2D eigenvalue weighted by atomic mass is 16.5. The SMILES string of the molecule is CC(=O)c1ccc(CCC(=O)N2CCN(CC3CCCO3)CC2)cc1. The molecule has 0 spiro atoms. The highest BCUT2D eigenvalue weighted by molar-refractivity contribution is 5.94. The summed E-state index contributed by atoms with van der Waals surface area (Å²) >= 11 is 0. The molecule has 1 atom stereocenters. The van der Waals surface area contributed by atoms with Crippen molar-refractivity contribution in [1.29, 1.82) is 0 Å². The fourth-order valence-electron chi connectivity index (χ4n) is 3.57. The van der Waals surface area contributed by atoms with Gasteiger partial charge in [-0.1, -0.05) is 24.3 Å². The number of ether oxygens (including phenoxy) is 1. The van der Waals surface area contributed by atoms with E-state index in [-0.39, 0.29) is 11.7 Å². The molecule has 2 fully saturated rings. The third-order valence-corrected chi connectivity index (χ3v) is 5.20. The Labute approximate surface area is 149 Å². The van der Waals surface area contributed by atoms with Gasteiger partial charge in [0, 0.05) is 51.3 Å². The van der Waals surface area contributed by atoms with Crippen LogP contribution >= 0.6 is 0 Å². The van der Waals surface area contributed by atoms with Crippen LogP contribution in [0.25, 0.3) is 0 Å². The van der Waals surface area contributed by atoms with Crippen molar-refractivity contribution in [1.82, 2.24) is 9.80 Å². The van der Waals surface area contributed by atoms with Gasteiger partial charge in [-0.05, 0) is 31.7 Å². The van der Waals surface area contributed by atoms with Gasteiger partial charge in [-0.3, -0.25) is 14.5 Å². The fourth-order valence-corrected chi connectivity index (χ4v) is 3.57. The van der Waals surface area contributed by atoms with Crippen LogP contribution in [0.5, 0.6) is 0 Å². The van der Waals surface area contributed by atoms with Gasteiger partial charge < -0.3 is 9.64 Å². The molecule has 136 valence electrons. The van der Waals surface area contributed by atoms with Gasteiger partial charge in [-0.25, -0.2) is 0 Å². The molecule has 0 radical (unpaired) electrons. The minimum atomic E-state index is 0.0727. The third-order valence-electron chi connectivity index (χ3n) is 5.20. The number of hydrogen-bond acceptors (Lipinski definition) is 4. The first-order valence-electron chi connectivity index (χ1n) is 9.33. The number of nitrogens with zero attached hydrogens (tertiary/aromatic N) is 2. The maximum Gasteiger partial charge on any atom is 0.222 e. The van der Waals surface area contributed by atoms with E-state index in [0.717, 1.165) is 56.9 Å². The Kier molecular flexibility index (Phi) is 6.21. The van der Waals surface area contributed by atoms with Gasteiger partial charge in [0.05, 0.1) is 6.10 Å². The number of carbonyl (C=O) groups excluding carboxylic acids is 2. The second-order valence-corrected chi connectivity index (χ2v) is 7.07. The molecular formula is C20H28N2O3. The minimum absolute atomic E-state index is 0.0727. The van der Waals surface area contributed by atoms with Crippen molar-refractivity contribution in [3.63, 3.8) is 0 Å². The molecule has 2 aliphatic heterocycles. The highest BCUT2D eigenvalue weighted by Gasteiger charge is 2.24. The summed E-state index contributed by atoms with van der Waals surface area (Å²) in [7, 11) is 0. The van der Waals surface area contributed by atoms with E-state index in [1.54, 1.807) is 6.92 Å². The first-order chi connectivity index (χ1) is 12.1. The van der Waals surface area contributed by atoms with Crippen LogP contribution in [0.2, 0.25) is 0 Å². The second kappa shape index (κ2) is 8.59. The molecule has 25 heavy (non-hydrogen) atoms. The van der Waals surface area contributed by atoms with E-state index >= 15 is 0 Å². The van der Waals surface area contributed by atoms with Gasteiger partial charge in [0.1, 0.15) is 0 Å². The molecule has 0 saturated carbocycles. The Balaban J connectivity index is 1.39. The number of amides is 1. The quantitative estimate of drug-likeness (QED) is 0.742. The van der Waals surface area contributed by atoms with Crippen LogP contribution in [0, 0.1) is 0 Å². The predicted octanol–water partition coefficient (Wildman–Crippen LogP) is 2.14. The molecule has 0 bridgehead atoms. The lowest BCUT2D eigenvalue weighted by Gasteiger charge is -2.35. The van der Waals surface area contributed by atoms with Gasteiger partial charge in [0.15, 0.2) is 5.78 Å². The summed E-state index contributed by atoms with van der Waals surface area (Å²) in [6.45, 7) is 6.99. The predicted molar refractivity (Wildman–Crippen MR) is 96.8 cm³/mol. The van der Waals surface area contributed by atoms with Gasteiger partial charge in [0.25, 0.3) is 0 Å². The van der Waals surface area contributed by atoms with E-state index in [9.17, 15) is 9.59 Å². The summed E-state index contributed by atoms with van der Waals surface area (Å²) in [5.41, 5.74) is 1.83. The van der Waals surface area contributed by atoms with Crippen molar-refractivity contribution in [2.75, 3.05) is 39.3 Å². The zero-order chi connectivity index (χ0) is 17.6. The molecule has 3 rings (SSSR count). The molecule has 1 aromatic rings. The van der Waals surface area contributed by atoms with E-state index in [2.05, 4.69) is 4.90 Å². The summed E-state index contributed by atoms with van der Waals surface area (Å²) in [5, 5.41) is 0. The van der Waals surface area contributed by atoms with Gasteiger partial charge in [0.2, 0.25) is 5.91 Å². The van der Waals surface area contributed by atoms with Crippen molar-refractivity contribution >= 4 is 11.7 Å². The molecule has 0 N–H and O–H groups in total. The van der Waals surface area contributed by atoms with E-state index < -0.39 is 0 Å². The zero-order valence-corrected chi connectivity index (χ0v) is 15.1. The topological polar surface area (TPSA) is 49.9 Å². The van der Waals surface area contributed by atoms with E-state index in [4.69, 9.17) is 4.74 Å². The highest BCUT2D eigenvalue weighted by Crippen LogP contribution is 2.15. The lowest BCUT2D eigenvalue weighted by atomic mass is 10.1. The monoisotopic (exact) mass is 344 g/mol. The average Bonchev–Trinajstić information content (AvgIpc) is 3.13. The zero-order valence-electron chi connectivity index (χ0n) is 15.1. The number of ketones is 1. The Hall–Kier alpha value is -1.72. The third kappa shape index (κ3) is 5.13. The molecule has 2 saturated heterocycles. The Morgan fingerprint density at radius 1 is 1.12 bits per heavy atom. The maximum absolute atomic E-state index is 12.4. The molecule has 1 aromatic carbocycles. The Bertz CT molecular complexity index is 585. The summed E-state index contributed by atoms with van der Waals surface area (Å²) in [6, 6.07) is 7.57. The lowest BCUT2D eigenvalue weighted by Crippen LogP contribution is -2.50. The number of aryl methyl sites for hydroxylation is 1. The van der Waals surface area contributed by atoms with Crippen molar-refractivity contribution in [2.45, 2.75) is 38.7 Å². The average molecular weight is 344 g/mol. The number of piperazine rings is 1. The number of Topliss-reactive ketones (excluding diaryl/α,β-unsaturated/α-hetero) is 1. The fraction of sp³-hybridized carbons (Fsp3) is 0.600. The van der Waals surface area contributed by atoms with E-state index in [1.165, 1.54) is 12.8 Å². The number of rotatable bonds is 6. The van der Waals surface area contributed by atoms with Crippen LogP contribution in [0.4, 0.5) is 0 Å². The molecule has 0 aromatic heterocycles. The van der Waals surface area contributed by atoms with Gasteiger partial charge in [-0.15, -0.1) is 0 Å². The van der Waals surface area contributed by atoms with Crippen molar-refractivity contribution in [3.05, 3.63) is 35.4 Å². The molecule has 5 heteroatoms. The smallest absolute Gasteiger partial charge is 0.222 e. The van der Waals surface area contributed by atoms with Crippen LogP contribution in [0.15, 0.2) is 24.3 Å². The maximum atomic E-state index is 12.4. The first-order valence-corrected chi connectivity index (χ1v) is 9.33. The van der Waals surface area contributed by atoms with E-state index in [1.807, 2.05) is 29.2 Å². The minimum Gasteiger partial charge on any atom is -0.377 e.